The van der Waals surface area contributed by atoms with Crippen molar-refractivity contribution in [3.05, 3.63) is 70.0 Å². The van der Waals surface area contributed by atoms with Gasteiger partial charge in [0.2, 0.25) is 10.0 Å². The van der Waals surface area contributed by atoms with Crippen LogP contribution in [0.3, 0.4) is 0 Å². The molecule has 0 aliphatic carbocycles. The lowest BCUT2D eigenvalue weighted by Gasteiger charge is -2.26. The molecule has 0 spiro atoms. The Morgan fingerprint density at radius 3 is 2.63 bits per heavy atom. The fourth-order valence-electron chi connectivity index (χ4n) is 4.12. The van der Waals surface area contributed by atoms with Gasteiger partial charge in [-0.25, -0.2) is 8.42 Å². The summed E-state index contributed by atoms with van der Waals surface area (Å²) < 4.78 is 80.0. The van der Waals surface area contributed by atoms with Gasteiger partial charge in [0.25, 0.3) is 5.56 Å². The minimum absolute atomic E-state index is 0.0946. The first-order valence-corrected chi connectivity index (χ1v) is 12.6. The number of sulfonamides is 1. The average Bonchev–Trinajstić information content (AvgIpc) is 3.32. The van der Waals surface area contributed by atoms with Gasteiger partial charge >= 0.3 is 6.18 Å². The van der Waals surface area contributed by atoms with E-state index in [1.54, 1.807) is 18.2 Å². The molecule has 0 amide bonds. The Labute approximate surface area is 200 Å². The van der Waals surface area contributed by atoms with E-state index < -0.39 is 44.9 Å². The lowest BCUT2D eigenvalue weighted by atomic mass is 10.1. The van der Waals surface area contributed by atoms with E-state index in [-0.39, 0.29) is 12.1 Å². The molecule has 1 aliphatic rings. The molecule has 0 radical (unpaired) electrons. The Balaban J connectivity index is 1.77. The molecule has 0 unspecified atom stereocenters. The van der Waals surface area contributed by atoms with Crippen LogP contribution in [0.2, 0.25) is 0 Å². The highest BCUT2D eigenvalue weighted by Crippen LogP contribution is 2.36. The number of H-pyrrole nitrogens is 1. The molecular weight excluding hydrogens is 485 g/mol. The predicted octanol–water partition coefficient (Wildman–Crippen LogP) is 4.32. The van der Waals surface area contributed by atoms with E-state index in [0.29, 0.717) is 42.7 Å². The van der Waals surface area contributed by atoms with Gasteiger partial charge in [0.05, 0.1) is 23.2 Å². The summed E-state index contributed by atoms with van der Waals surface area (Å²) in [4.78, 5) is 14.6. The van der Waals surface area contributed by atoms with E-state index in [4.69, 9.17) is 9.47 Å². The first kappa shape index (κ1) is 25.2. The van der Waals surface area contributed by atoms with Crippen molar-refractivity contribution in [3.8, 4) is 5.75 Å². The van der Waals surface area contributed by atoms with Crippen molar-refractivity contribution in [2.45, 2.75) is 43.5 Å². The molecule has 2 aromatic carbocycles. The first-order chi connectivity index (χ1) is 16.6. The minimum Gasteiger partial charge on any atom is -0.494 e. The number of alkyl halides is 3. The molecule has 1 aromatic heterocycles. The van der Waals surface area contributed by atoms with E-state index in [2.05, 4.69) is 4.98 Å². The van der Waals surface area contributed by atoms with Crippen molar-refractivity contribution >= 4 is 20.9 Å². The zero-order valence-corrected chi connectivity index (χ0v) is 19.8. The quantitative estimate of drug-likeness (QED) is 0.488. The SMILES string of the molecule is CCOc1ccc2[nH]c(=O)c(CN(C[C@@H]3CCCO3)S(=O)(=O)c3ccccc3C(F)(F)F)cc2c1. The summed E-state index contributed by atoms with van der Waals surface area (Å²) in [6.07, 6.45) is -4.06. The first-order valence-electron chi connectivity index (χ1n) is 11.2. The number of aromatic amines is 1. The average molecular weight is 511 g/mol. The Morgan fingerprint density at radius 1 is 1.17 bits per heavy atom. The lowest BCUT2D eigenvalue weighted by Crippen LogP contribution is -2.39. The summed E-state index contributed by atoms with van der Waals surface area (Å²) in [6.45, 7) is 2.11. The van der Waals surface area contributed by atoms with Crippen LogP contribution in [0.5, 0.6) is 5.75 Å². The summed E-state index contributed by atoms with van der Waals surface area (Å²) in [7, 11) is -4.63. The number of ether oxygens (including phenoxy) is 2. The molecule has 1 saturated heterocycles. The van der Waals surface area contributed by atoms with Gasteiger partial charge < -0.3 is 14.5 Å². The fraction of sp³-hybridized carbons (Fsp3) is 0.375. The maximum absolute atomic E-state index is 13.6. The van der Waals surface area contributed by atoms with Crippen LogP contribution in [0, 0.1) is 0 Å². The highest BCUT2D eigenvalue weighted by molar-refractivity contribution is 7.89. The van der Waals surface area contributed by atoms with Crippen molar-refractivity contribution in [1.82, 2.24) is 9.29 Å². The second-order valence-corrected chi connectivity index (χ2v) is 10.1. The molecule has 0 bridgehead atoms. The largest absolute Gasteiger partial charge is 0.494 e. The third kappa shape index (κ3) is 5.52. The smallest absolute Gasteiger partial charge is 0.417 e. The summed E-state index contributed by atoms with van der Waals surface area (Å²) in [5.74, 6) is 0.570. The number of rotatable bonds is 8. The maximum atomic E-state index is 13.6. The zero-order chi connectivity index (χ0) is 25.2. The zero-order valence-electron chi connectivity index (χ0n) is 19.0. The van der Waals surface area contributed by atoms with Crippen LogP contribution in [-0.2, 0) is 27.5 Å². The number of aromatic nitrogens is 1. The van der Waals surface area contributed by atoms with Crippen LogP contribution in [0.15, 0.2) is 58.2 Å². The molecule has 1 aliphatic heterocycles. The number of nitrogens with one attached hydrogen (secondary N) is 1. The molecule has 4 rings (SSSR count). The Morgan fingerprint density at radius 2 is 1.94 bits per heavy atom. The number of benzene rings is 2. The molecule has 35 heavy (non-hydrogen) atoms. The number of fused-ring (bicyclic) bond motifs is 1. The number of pyridine rings is 1. The van der Waals surface area contributed by atoms with Crippen LogP contribution >= 0.6 is 0 Å². The van der Waals surface area contributed by atoms with Crippen LogP contribution < -0.4 is 10.3 Å². The molecule has 188 valence electrons. The summed E-state index contributed by atoms with van der Waals surface area (Å²) in [5, 5.41) is 0.607. The van der Waals surface area contributed by atoms with E-state index in [1.165, 1.54) is 12.1 Å². The van der Waals surface area contributed by atoms with E-state index in [9.17, 15) is 26.4 Å². The van der Waals surface area contributed by atoms with Gasteiger partial charge in [-0.1, -0.05) is 12.1 Å². The normalized spacial score (nSPS) is 16.8. The fourth-order valence-corrected chi connectivity index (χ4v) is 5.78. The highest BCUT2D eigenvalue weighted by Gasteiger charge is 2.39. The molecule has 0 saturated carbocycles. The van der Waals surface area contributed by atoms with Crippen molar-refractivity contribution < 1.29 is 31.1 Å². The molecule has 1 fully saturated rings. The Hall–Kier alpha value is -2.89. The Kier molecular flexibility index (Phi) is 7.20. The van der Waals surface area contributed by atoms with Crippen molar-refractivity contribution in [2.75, 3.05) is 19.8 Å². The highest BCUT2D eigenvalue weighted by atomic mass is 32.2. The van der Waals surface area contributed by atoms with Gasteiger partial charge in [-0.05, 0) is 56.2 Å². The van der Waals surface area contributed by atoms with Gasteiger partial charge in [0, 0.05) is 36.2 Å². The lowest BCUT2D eigenvalue weighted by molar-refractivity contribution is -0.139. The van der Waals surface area contributed by atoms with Crippen LogP contribution in [0.4, 0.5) is 13.2 Å². The maximum Gasteiger partial charge on any atom is 0.417 e. The standard InChI is InChI=1S/C24H25F3N2O5S/c1-2-33-18-9-10-21-16(13-18)12-17(23(30)28-21)14-29(15-19-6-5-11-34-19)35(31,32)22-8-4-3-7-20(22)24(25,26)27/h3-4,7-10,12-13,19H,2,5-6,11,14-15H2,1H3,(H,28,30)/t19-/m0/s1. The van der Waals surface area contributed by atoms with E-state index in [0.717, 1.165) is 22.5 Å². The van der Waals surface area contributed by atoms with Gasteiger partial charge in [-0.15, -0.1) is 0 Å². The molecule has 3 aromatic rings. The second kappa shape index (κ2) is 10.00. The molecule has 2 heterocycles. The van der Waals surface area contributed by atoms with Crippen LogP contribution in [-0.4, -0.2) is 43.6 Å². The van der Waals surface area contributed by atoms with Crippen molar-refractivity contribution in [2.24, 2.45) is 0 Å². The van der Waals surface area contributed by atoms with Gasteiger partial charge in [-0.2, -0.15) is 17.5 Å². The summed E-state index contributed by atoms with van der Waals surface area (Å²) in [6, 6.07) is 10.6. The summed E-state index contributed by atoms with van der Waals surface area (Å²) >= 11 is 0. The van der Waals surface area contributed by atoms with Crippen LogP contribution in [0.25, 0.3) is 10.9 Å². The molecule has 7 nitrogen and oxygen atoms in total. The predicted molar refractivity (Wildman–Crippen MR) is 124 cm³/mol. The van der Waals surface area contributed by atoms with Gasteiger partial charge in [0.15, 0.2) is 0 Å². The van der Waals surface area contributed by atoms with Gasteiger partial charge in [0.1, 0.15) is 5.75 Å². The molecule has 1 atom stereocenters. The third-order valence-electron chi connectivity index (χ3n) is 5.79. The van der Waals surface area contributed by atoms with Crippen molar-refractivity contribution in [3.63, 3.8) is 0 Å². The van der Waals surface area contributed by atoms with Crippen molar-refractivity contribution in [1.29, 1.82) is 0 Å². The van der Waals surface area contributed by atoms with Gasteiger partial charge in [-0.3, -0.25) is 4.79 Å². The van der Waals surface area contributed by atoms with Crippen LogP contribution in [0.1, 0.15) is 30.9 Å². The number of hydrogen-bond donors (Lipinski definition) is 1. The molecule has 11 heteroatoms. The molecular formula is C24H25F3N2O5S. The monoisotopic (exact) mass is 510 g/mol. The number of nitrogens with zero attached hydrogens (tertiary/aromatic N) is 1. The summed E-state index contributed by atoms with van der Waals surface area (Å²) in [5.41, 5.74) is -1.17. The molecule has 1 N–H and O–H groups in total. The Bertz CT molecular complexity index is 1370. The minimum atomic E-state index is -4.87. The third-order valence-corrected chi connectivity index (χ3v) is 7.66. The van der Waals surface area contributed by atoms with E-state index in [1.807, 2.05) is 6.92 Å². The van der Waals surface area contributed by atoms with E-state index >= 15 is 0 Å². The number of halogens is 3. The second-order valence-electron chi connectivity index (χ2n) is 8.23. The topological polar surface area (TPSA) is 88.7 Å². The number of hydrogen-bond acceptors (Lipinski definition) is 5.